The van der Waals surface area contributed by atoms with Crippen LogP contribution < -0.4 is 4.90 Å². The number of imidazole rings is 1. The molecule has 2 aromatic heterocycles. The lowest BCUT2D eigenvalue weighted by Gasteiger charge is -2.33. The maximum absolute atomic E-state index is 10.9. The van der Waals surface area contributed by atoms with Crippen molar-refractivity contribution in [3.05, 3.63) is 11.1 Å². The molecule has 2 saturated heterocycles. The van der Waals surface area contributed by atoms with E-state index in [2.05, 4.69) is 29.7 Å². The highest BCUT2D eigenvalue weighted by atomic mass is 35.5. The number of fused-ring (bicyclic) bond motifs is 1. The number of anilines is 1. The Morgan fingerprint density at radius 2 is 1.78 bits per heavy atom. The number of nitrogens with zero attached hydrogens (tertiary/aromatic N) is 6. The minimum absolute atomic E-state index is 0.188. The summed E-state index contributed by atoms with van der Waals surface area (Å²) >= 11 is 4.32. The number of hydrogen-bond acceptors (Lipinski definition) is 8. The fourth-order valence-corrected chi connectivity index (χ4v) is 4.16. The third kappa shape index (κ3) is 4.55. The van der Waals surface area contributed by atoms with E-state index in [1.54, 1.807) is 0 Å². The van der Waals surface area contributed by atoms with E-state index in [9.17, 15) is 4.21 Å². The van der Waals surface area contributed by atoms with Crippen molar-refractivity contribution in [3.8, 4) is 0 Å². The largest absolute Gasteiger partial charge is 0.378 e. The molecule has 0 bridgehead atoms. The molecule has 0 radical (unpaired) electrons. The smallest absolute Gasteiger partial charge is 0.226 e. The first-order valence-electron chi connectivity index (χ1n) is 8.85. The molecule has 4 rings (SSSR count). The number of morpholine rings is 1. The zero-order valence-electron chi connectivity index (χ0n) is 14.8. The summed E-state index contributed by atoms with van der Waals surface area (Å²) in [5.41, 5.74) is 1.37. The summed E-state index contributed by atoms with van der Waals surface area (Å²) < 4.78 is 25.4. The quantitative estimate of drug-likeness (QED) is 0.520. The highest BCUT2D eigenvalue weighted by Crippen LogP contribution is 2.25. The third-order valence-corrected chi connectivity index (χ3v) is 5.55. The minimum atomic E-state index is -1.78. The Labute approximate surface area is 164 Å². The van der Waals surface area contributed by atoms with Crippen molar-refractivity contribution < 1.29 is 13.5 Å². The summed E-state index contributed by atoms with van der Waals surface area (Å²) in [7, 11) is 0. The van der Waals surface area contributed by atoms with E-state index in [-0.39, 0.29) is 11.2 Å². The average molecular weight is 416 g/mol. The molecule has 0 amide bonds. The summed E-state index contributed by atoms with van der Waals surface area (Å²) in [6.07, 6.45) is 0. The lowest BCUT2D eigenvalue weighted by atomic mass is 10.3. The van der Waals surface area contributed by atoms with Gasteiger partial charge in [-0.25, -0.2) is 9.19 Å². The van der Waals surface area contributed by atoms with Gasteiger partial charge in [-0.15, -0.1) is 0 Å². The van der Waals surface area contributed by atoms with Crippen LogP contribution in [-0.4, -0.2) is 96.9 Å². The lowest BCUT2D eigenvalue weighted by molar-refractivity contribution is 0.122. The van der Waals surface area contributed by atoms with Crippen molar-refractivity contribution in [1.29, 1.82) is 0 Å². The van der Waals surface area contributed by atoms with Crippen molar-refractivity contribution in [1.82, 2.24) is 29.7 Å². The van der Waals surface area contributed by atoms with Crippen LogP contribution in [0.15, 0.2) is 0 Å². The number of aromatic nitrogens is 4. The molecule has 1 unspecified atom stereocenters. The summed E-state index contributed by atoms with van der Waals surface area (Å²) in [6.45, 7) is 6.64. The molecule has 4 heterocycles. The highest BCUT2D eigenvalue weighted by Gasteiger charge is 2.22. The number of nitrogens with one attached hydrogen (secondary N) is 1. The molecule has 2 aliphatic rings. The molecule has 2 N–H and O–H groups in total. The van der Waals surface area contributed by atoms with Gasteiger partial charge in [-0.2, -0.15) is 9.97 Å². The van der Waals surface area contributed by atoms with Crippen LogP contribution in [0.4, 0.5) is 5.82 Å². The van der Waals surface area contributed by atoms with Crippen molar-refractivity contribution in [3.63, 3.8) is 0 Å². The van der Waals surface area contributed by atoms with Crippen LogP contribution in [0.1, 0.15) is 5.82 Å². The van der Waals surface area contributed by atoms with Crippen LogP contribution in [-0.2, 0) is 22.4 Å². The number of aromatic amines is 1. The summed E-state index contributed by atoms with van der Waals surface area (Å²) in [4.78, 5) is 23.0. The fourth-order valence-electron chi connectivity index (χ4n) is 3.43. The topological polar surface area (TPSA) is 111 Å². The van der Waals surface area contributed by atoms with Crippen LogP contribution in [0.5, 0.6) is 0 Å². The molecule has 0 spiro atoms. The molecule has 2 fully saturated rings. The van der Waals surface area contributed by atoms with E-state index in [1.165, 1.54) is 0 Å². The zero-order chi connectivity index (χ0) is 18.8. The Hall–Kier alpha value is -1.37. The molecule has 27 heavy (non-hydrogen) atoms. The number of halogens is 1. The van der Waals surface area contributed by atoms with Gasteiger partial charge in [-0.05, 0) is 11.6 Å². The second-order valence-corrected chi connectivity index (χ2v) is 7.88. The van der Waals surface area contributed by atoms with Crippen LogP contribution in [0, 0.1) is 0 Å². The number of rotatable bonds is 5. The van der Waals surface area contributed by atoms with Crippen molar-refractivity contribution in [2.45, 2.75) is 6.54 Å². The Bertz CT molecular complexity index is 821. The van der Waals surface area contributed by atoms with Crippen molar-refractivity contribution >= 4 is 39.7 Å². The minimum Gasteiger partial charge on any atom is -0.378 e. The standard InChI is InChI=1S/C15H22ClN7O3S/c16-15-19-13-12(14(20-15)23-5-7-26-8-6-23)17-11(18-13)9-21-1-3-22(4-2-21)10-27(24)25/h1-10H2,(H,24,25)(H,17,18,19,20). The summed E-state index contributed by atoms with van der Waals surface area (Å²) in [5, 5.41) is 0.188. The van der Waals surface area contributed by atoms with E-state index >= 15 is 0 Å². The fraction of sp³-hybridized carbons (Fsp3) is 0.667. The van der Waals surface area contributed by atoms with Gasteiger partial charge < -0.3 is 19.2 Å². The van der Waals surface area contributed by atoms with E-state index in [4.69, 9.17) is 20.9 Å². The second kappa shape index (κ2) is 8.33. The molecule has 0 aliphatic carbocycles. The zero-order valence-corrected chi connectivity index (χ0v) is 16.4. The Balaban J connectivity index is 1.48. The van der Waals surface area contributed by atoms with E-state index < -0.39 is 11.1 Å². The first kappa shape index (κ1) is 19.0. The van der Waals surface area contributed by atoms with Crippen molar-refractivity contribution in [2.24, 2.45) is 0 Å². The monoisotopic (exact) mass is 415 g/mol. The lowest BCUT2D eigenvalue weighted by Crippen LogP contribution is -2.46. The molecule has 1 atom stereocenters. The molecule has 2 aliphatic heterocycles. The number of ether oxygens (including phenoxy) is 1. The first-order chi connectivity index (χ1) is 13.1. The van der Waals surface area contributed by atoms with Gasteiger partial charge in [0, 0.05) is 39.3 Å². The Morgan fingerprint density at radius 1 is 1.07 bits per heavy atom. The summed E-state index contributed by atoms with van der Waals surface area (Å²) in [5.74, 6) is 1.78. The van der Waals surface area contributed by atoms with Crippen molar-refractivity contribution in [2.75, 3.05) is 63.3 Å². The summed E-state index contributed by atoms with van der Waals surface area (Å²) in [6, 6.07) is 0. The Morgan fingerprint density at radius 3 is 2.48 bits per heavy atom. The van der Waals surface area contributed by atoms with E-state index in [0.29, 0.717) is 25.4 Å². The molecule has 148 valence electrons. The highest BCUT2D eigenvalue weighted by molar-refractivity contribution is 7.79. The average Bonchev–Trinajstić information content (AvgIpc) is 3.05. The normalized spacial score (nSPS) is 21.0. The number of hydrogen-bond donors (Lipinski definition) is 2. The number of H-pyrrole nitrogens is 1. The van der Waals surface area contributed by atoms with Gasteiger partial charge in [0.15, 0.2) is 22.5 Å². The van der Waals surface area contributed by atoms with E-state index in [1.807, 2.05) is 4.90 Å². The second-order valence-electron chi connectivity index (χ2n) is 6.64. The predicted octanol–water partition coefficient (Wildman–Crippen LogP) is 0.140. The molecule has 0 saturated carbocycles. The van der Waals surface area contributed by atoms with Gasteiger partial charge in [0.25, 0.3) is 0 Å². The SMILES string of the molecule is O=S(O)CN1CCN(Cc2nc3nc(Cl)nc(N4CCOCC4)c3[nH]2)CC1. The molecule has 2 aromatic rings. The van der Waals surface area contributed by atoms with Crippen LogP contribution in [0.2, 0.25) is 5.28 Å². The molecule has 10 nitrogen and oxygen atoms in total. The molecular weight excluding hydrogens is 394 g/mol. The van der Waals surface area contributed by atoms with Gasteiger partial charge in [0.05, 0.1) is 19.8 Å². The van der Waals surface area contributed by atoms with Crippen LogP contribution in [0.25, 0.3) is 11.2 Å². The predicted molar refractivity (Wildman–Crippen MR) is 102 cm³/mol. The molecule has 0 aromatic carbocycles. The van der Waals surface area contributed by atoms with Crippen LogP contribution >= 0.6 is 11.6 Å². The van der Waals surface area contributed by atoms with E-state index in [0.717, 1.165) is 56.4 Å². The van der Waals surface area contributed by atoms with Gasteiger partial charge in [0.2, 0.25) is 5.28 Å². The van der Waals surface area contributed by atoms with Gasteiger partial charge >= 0.3 is 0 Å². The third-order valence-electron chi connectivity index (χ3n) is 4.80. The maximum Gasteiger partial charge on any atom is 0.226 e. The first-order valence-corrected chi connectivity index (χ1v) is 10.5. The Kier molecular flexibility index (Phi) is 5.85. The van der Waals surface area contributed by atoms with Crippen LogP contribution in [0.3, 0.4) is 0 Å². The van der Waals surface area contributed by atoms with Gasteiger partial charge in [0.1, 0.15) is 17.2 Å². The number of piperazine rings is 1. The molecular formula is C15H22ClN7O3S. The van der Waals surface area contributed by atoms with Gasteiger partial charge in [-0.1, -0.05) is 0 Å². The maximum atomic E-state index is 10.9. The molecule has 12 heteroatoms. The van der Waals surface area contributed by atoms with Gasteiger partial charge in [-0.3, -0.25) is 9.80 Å².